The molecule has 0 fully saturated rings. The van der Waals surface area contributed by atoms with Crippen molar-refractivity contribution in [1.82, 2.24) is 0 Å². The van der Waals surface area contributed by atoms with Crippen LogP contribution in [0, 0.1) is 0 Å². The van der Waals surface area contributed by atoms with Crippen molar-refractivity contribution in [2.24, 2.45) is 5.10 Å². The van der Waals surface area contributed by atoms with Crippen molar-refractivity contribution < 1.29 is 18.0 Å². The van der Waals surface area contributed by atoms with Crippen LogP contribution in [0.5, 0.6) is 0 Å². The van der Waals surface area contributed by atoms with E-state index in [1.807, 2.05) is 13.8 Å². The highest BCUT2D eigenvalue weighted by atomic mass is 32.2. The van der Waals surface area contributed by atoms with Gasteiger partial charge in [0, 0.05) is 5.75 Å². The lowest BCUT2D eigenvalue weighted by atomic mass is 9.92. The average Bonchev–Trinajstić information content (AvgIpc) is 2.76. The molecule has 0 N–H and O–H groups in total. The number of amides is 1. The number of allylic oxidation sites excluding steroid dienone is 1. The lowest BCUT2D eigenvalue weighted by molar-refractivity contribution is -0.137. The Morgan fingerprint density at radius 1 is 1.21 bits per heavy atom. The maximum Gasteiger partial charge on any atom is 0.416 e. The van der Waals surface area contributed by atoms with Crippen LogP contribution in [0.3, 0.4) is 0 Å². The van der Waals surface area contributed by atoms with E-state index in [4.69, 9.17) is 0 Å². The van der Waals surface area contributed by atoms with Crippen LogP contribution in [-0.4, -0.2) is 22.1 Å². The summed E-state index contributed by atoms with van der Waals surface area (Å²) in [6.45, 7) is 5.79. The second-order valence-electron chi connectivity index (χ2n) is 6.20. The molecule has 0 unspecified atom stereocenters. The number of carbonyl (C=O) groups is 1. The first-order valence-electron chi connectivity index (χ1n) is 7.52. The number of rotatable bonds is 1. The Kier molecular flexibility index (Phi) is 4.02. The predicted molar refractivity (Wildman–Crippen MR) is 90.2 cm³/mol. The SMILES string of the molecule is CC1=NN(c2cccc(C(F)(F)F)c2)C(=O)[C@@]12CC(C)=C(C)CS2. The van der Waals surface area contributed by atoms with Gasteiger partial charge in [0.2, 0.25) is 0 Å². The van der Waals surface area contributed by atoms with Gasteiger partial charge in [-0.1, -0.05) is 17.2 Å². The highest BCUT2D eigenvalue weighted by molar-refractivity contribution is 8.02. The molecule has 3 nitrogen and oxygen atoms in total. The van der Waals surface area contributed by atoms with Crippen LogP contribution in [0.25, 0.3) is 0 Å². The first kappa shape index (κ1) is 17.1. The second-order valence-corrected chi connectivity index (χ2v) is 7.48. The molecule has 0 radical (unpaired) electrons. The van der Waals surface area contributed by atoms with Gasteiger partial charge in [-0.2, -0.15) is 23.3 Å². The van der Waals surface area contributed by atoms with Crippen LogP contribution in [0.15, 0.2) is 40.5 Å². The number of hydrogen-bond donors (Lipinski definition) is 0. The number of alkyl halides is 3. The molecule has 24 heavy (non-hydrogen) atoms. The minimum absolute atomic E-state index is 0.149. The van der Waals surface area contributed by atoms with Crippen molar-refractivity contribution >= 4 is 29.1 Å². The molecule has 2 aliphatic heterocycles. The summed E-state index contributed by atoms with van der Waals surface area (Å²) in [6.07, 6.45) is -3.90. The molecule has 128 valence electrons. The van der Waals surface area contributed by atoms with Crippen molar-refractivity contribution in [1.29, 1.82) is 0 Å². The Labute approximate surface area is 142 Å². The van der Waals surface area contributed by atoms with Gasteiger partial charge in [0.1, 0.15) is 4.75 Å². The fraction of sp³-hybridized carbons (Fsp3) is 0.412. The Morgan fingerprint density at radius 2 is 1.92 bits per heavy atom. The van der Waals surface area contributed by atoms with Gasteiger partial charge < -0.3 is 0 Å². The van der Waals surface area contributed by atoms with Gasteiger partial charge in [-0.25, -0.2) is 0 Å². The molecule has 7 heteroatoms. The summed E-state index contributed by atoms with van der Waals surface area (Å²) in [5.74, 6) is 0.456. The summed E-state index contributed by atoms with van der Waals surface area (Å²) < 4.78 is 38.0. The quantitative estimate of drug-likeness (QED) is 0.688. The molecule has 0 aromatic heterocycles. The molecule has 1 aromatic rings. The van der Waals surface area contributed by atoms with Crippen molar-refractivity contribution in [3.05, 3.63) is 41.0 Å². The topological polar surface area (TPSA) is 32.7 Å². The number of anilines is 1. The lowest BCUT2D eigenvalue weighted by Crippen LogP contribution is -2.45. The van der Waals surface area contributed by atoms with E-state index in [9.17, 15) is 18.0 Å². The Balaban J connectivity index is 1.98. The lowest BCUT2D eigenvalue weighted by Gasteiger charge is -2.32. The average molecular weight is 354 g/mol. The zero-order valence-corrected chi connectivity index (χ0v) is 14.4. The summed E-state index contributed by atoms with van der Waals surface area (Å²) in [7, 11) is 0. The molecule has 1 spiro atoms. The van der Waals surface area contributed by atoms with Crippen molar-refractivity contribution in [3.63, 3.8) is 0 Å². The molecule has 0 bridgehead atoms. The number of hydrazone groups is 1. The summed E-state index contributed by atoms with van der Waals surface area (Å²) >= 11 is 1.51. The van der Waals surface area contributed by atoms with E-state index in [2.05, 4.69) is 5.10 Å². The molecule has 1 atom stereocenters. The van der Waals surface area contributed by atoms with Gasteiger partial charge in [0.15, 0.2) is 0 Å². The molecule has 0 saturated carbocycles. The summed E-state index contributed by atoms with van der Waals surface area (Å²) in [5, 5.41) is 5.41. The highest BCUT2D eigenvalue weighted by Gasteiger charge is 2.51. The molecule has 1 aromatic carbocycles. The van der Waals surface area contributed by atoms with Crippen LogP contribution < -0.4 is 5.01 Å². The monoisotopic (exact) mass is 354 g/mol. The largest absolute Gasteiger partial charge is 0.416 e. The Hall–Kier alpha value is -1.76. The fourth-order valence-corrected chi connectivity index (χ4v) is 4.38. The number of benzene rings is 1. The third-order valence-electron chi connectivity index (χ3n) is 4.57. The minimum Gasteiger partial charge on any atom is -0.270 e. The summed E-state index contributed by atoms with van der Waals surface area (Å²) in [4.78, 5) is 13.0. The minimum atomic E-state index is -4.45. The number of carbonyl (C=O) groups excluding carboxylic acids is 1. The third kappa shape index (κ3) is 2.64. The third-order valence-corrected chi connectivity index (χ3v) is 6.25. The van der Waals surface area contributed by atoms with Gasteiger partial charge in [0.05, 0.1) is 17.0 Å². The van der Waals surface area contributed by atoms with Crippen LogP contribution in [-0.2, 0) is 11.0 Å². The predicted octanol–water partition coefficient (Wildman–Crippen LogP) is 4.64. The van der Waals surface area contributed by atoms with Crippen LogP contribution in [0.4, 0.5) is 18.9 Å². The zero-order chi connectivity index (χ0) is 17.7. The number of thioether (sulfide) groups is 1. The molecular formula is C17H17F3N2OS. The maximum absolute atomic E-state index is 13.0. The smallest absolute Gasteiger partial charge is 0.270 e. The normalized spacial score (nSPS) is 24.8. The second kappa shape index (κ2) is 5.65. The number of halogens is 3. The summed E-state index contributed by atoms with van der Waals surface area (Å²) in [5.41, 5.74) is 2.38. The first-order chi connectivity index (χ1) is 11.1. The van der Waals surface area contributed by atoms with Gasteiger partial charge in [-0.15, -0.1) is 11.8 Å². The van der Waals surface area contributed by atoms with E-state index in [1.54, 1.807) is 6.92 Å². The van der Waals surface area contributed by atoms with Gasteiger partial charge in [0.25, 0.3) is 5.91 Å². The standard InChI is InChI=1S/C17H17F3N2OS/c1-10-8-16(24-9-11(10)2)12(3)21-22(15(16)23)14-6-4-5-13(7-14)17(18,19)20/h4-7H,8-9H2,1-3H3/t16-/m1/s1. The Morgan fingerprint density at radius 3 is 2.54 bits per heavy atom. The number of hydrogen-bond acceptors (Lipinski definition) is 3. The van der Waals surface area contributed by atoms with Crippen molar-refractivity contribution in [3.8, 4) is 0 Å². The Bertz CT molecular complexity index is 769. The molecular weight excluding hydrogens is 337 g/mol. The fourth-order valence-electron chi connectivity index (χ4n) is 2.89. The molecule has 0 aliphatic carbocycles. The van der Waals surface area contributed by atoms with Gasteiger partial charge in [-0.05, 0) is 45.4 Å². The molecule has 3 rings (SSSR count). The van der Waals surface area contributed by atoms with Gasteiger partial charge in [-0.3, -0.25) is 4.79 Å². The van der Waals surface area contributed by atoms with E-state index in [0.717, 1.165) is 28.5 Å². The van der Waals surface area contributed by atoms with Crippen LogP contribution in [0.1, 0.15) is 32.8 Å². The maximum atomic E-state index is 13.0. The van der Waals surface area contributed by atoms with Crippen molar-refractivity contribution in [2.45, 2.75) is 38.1 Å². The van der Waals surface area contributed by atoms with E-state index < -0.39 is 16.5 Å². The van der Waals surface area contributed by atoms with Crippen LogP contribution >= 0.6 is 11.8 Å². The van der Waals surface area contributed by atoms with E-state index >= 15 is 0 Å². The summed E-state index contributed by atoms with van der Waals surface area (Å²) in [6, 6.07) is 4.73. The van der Waals surface area contributed by atoms with E-state index in [-0.39, 0.29) is 11.6 Å². The van der Waals surface area contributed by atoms with E-state index in [1.165, 1.54) is 29.5 Å². The zero-order valence-electron chi connectivity index (χ0n) is 13.6. The molecule has 1 amide bonds. The molecule has 2 aliphatic rings. The van der Waals surface area contributed by atoms with Crippen molar-refractivity contribution in [2.75, 3.05) is 10.8 Å². The van der Waals surface area contributed by atoms with E-state index in [0.29, 0.717) is 12.1 Å². The highest BCUT2D eigenvalue weighted by Crippen LogP contribution is 2.45. The first-order valence-corrected chi connectivity index (χ1v) is 8.50. The van der Waals surface area contributed by atoms with Gasteiger partial charge >= 0.3 is 6.18 Å². The number of nitrogens with zero attached hydrogens (tertiary/aromatic N) is 2. The van der Waals surface area contributed by atoms with Crippen LogP contribution in [0.2, 0.25) is 0 Å². The molecule has 2 heterocycles. The molecule has 0 saturated heterocycles.